The van der Waals surface area contributed by atoms with Crippen LogP contribution in [0.15, 0.2) is 54.6 Å². The summed E-state index contributed by atoms with van der Waals surface area (Å²) < 4.78 is 0. The van der Waals surface area contributed by atoms with Crippen LogP contribution in [0.2, 0.25) is 0 Å². The van der Waals surface area contributed by atoms with Crippen molar-refractivity contribution >= 4 is 23.5 Å². The molecular weight excluding hydrogens is 294 g/mol. The summed E-state index contributed by atoms with van der Waals surface area (Å²) in [4.78, 5) is 36.8. The predicted octanol–water partition coefficient (Wildman–Crippen LogP) is 2.82. The monoisotopic (exact) mass is 309 g/mol. The lowest BCUT2D eigenvalue weighted by Gasteiger charge is -2.30. The number of anilines is 1. The fourth-order valence-corrected chi connectivity index (χ4v) is 2.82. The van der Waals surface area contributed by atoms with Crippen LogP contribution in [0.5, 0.6) is 0 Å². The van der Waals surface area contributed by atoms with Crippen LogP contribution in [0.3, 0.4) is 0 Å². The third-order valence-corrected chi connectivity index (χ3v) is 3.98. The van der Waals surface area contributed by atoms with Crippen LogP contribution in [-0.4, -0.2) is 22.9 Å². The normalized spacial score (nSPS) is 15.7. The molecule has 1 aliphatic rings. The number of hydrogen-bond donors (Lipinski definition) is 1. The van der Waals surface area contributed by atoms with Crippen LogP contribution < -0.4 is 4.90 Å². The van der Waals surface area contributed by atoms with Crippen LogP contribution in [0.1, 0.15) is 34.7 Å². The van der Waals surface area contributed by atoms with Gasteiger partial charge in [0.1, 0.15) is 0 Å². The molecule has 0 saturated carbocycles. The molecule has 1 N–H and O–H groups in total. The van der Waals surface area contributed by atoms with E-state index in [1.54, 1.807) is 0 Å². The molecule has 0 radical (unpaired) electrons. The summed E-state index contributed by atoms with van der Waals surface area (Å²) in [5, 5.41) is 8.90. The Bertz CT molecular complexity index is 734. The van der Waals surface area contributed by atoms with Crippen LogP contribution in [0, 0.1) is 0 Å². The summed E-state index contributed by atoms with van der Waals surface area (Å²) >= 11 is 0. The minimum Gasteiger partial charge on any atom is -0.478 e. The van der Waals surface area contributed by atoms with Gasteiger partial charge in [0.25, 0.3) is 0 Å². The molecule has 1 heterocycles. The third kappa shape index (κ3) is 2.99. The topological polar surface area (TPSA) is 74.7 Å². The number of rotatable bonds is 3. The minimum atomic E-state index is -1.04. The van der Waals surface area contributed by atoms with Gasteiger partial charge in [-0.2, -0.15) is 0 Å². The first-order valence-corrected chi connectivity index (χ1v) is 7.30. The summed E-state index contributed by atoms with van der Waals surface area (Å²) in [5.41, 5.74) is 1.51. The average molecular weight is 309 g/mol. The van der Waals surface area contributed by atoms with Crippen molar-refractivity contribution in [3.63, 3.8) is 0 Å². The van der Waals surface area contributed by atoms with Gasteiger partial charge in [0.2, 0.25) is 11.8 Å². The molecule has 23 heavy (non-hydrogen) atoms. The molecule has 5 nitrogen and oxygen atoms in total. The summed E-state index contributed by atoms with van der Waals surface area (Å²) in [6.45, 7) is 0. The molecule has 0 aliphatic carbocycles. The van der Waals surface area contributed by atoms with Gasteiger partial charge in [-0.3, -0.25) is 14.5 Å². The van der Waals surface area contributed by atoms with Gasteiger partial charge in [-0.1, -0.05) is 30.3 Å². The lowest BCUT2D eigenvalue weighted by Crippen LogP contribution is -2.42. The molecule has 2 aromatic carbocycles. The van der Waals surface area contributed by atoms with Gasteiger partial charge in [0.05, 0.1) is 11.3 Å². The number of hydrogen-bond acceptors (Lipinski definition) is 3. The van der Waals surface area contributed by atoms with E-state index in [0.717, 1.165) is 10.5 Å². The Labute approximate surface area is 133 Å². The molecule has 0 spiro atoms. The highest BCUT2D eigenvalue weighted by Gasteiger charge is 2.34. The fraction of sp³-hybridized carbons (Fsp3) is 0.167. The fourth-order valence-electron chi connectivity index (χ4n) is 2.82. The molecule has 1 fully saturated rings. The summed E-state index contributed by atoms with van der Waals surface area (Å²) in [6, 6.07) is 15.3. The van der Waals surface area contributed by atoms with E-state index in [1.807, 2.05) is 30.3 Å². The molecule has 116 valence electrons. The van der Waals surface area contributed by atoms with E-state index in [4.69, 9.17) is 5.11 Å². The first kappa shape index (κ1) is 15.0. The maximum Gasteiger partial charge on any atom is 0.335 e. The molecule has 2 amide bonds. The second-order valence-corrected chi connectivity index (χ2v) is 5.49. The summed E-state index contributed by atoms with van der Waals surface area (Å²) in [7, 11) is 0. The number of nitrogens with zero attached hydrogens (tertiary/aromatic N) is 1. The standard InChI is InChI=1S/C18H15NO4/c20-16-10-14(12-4-2-1-3-5-12)11-17(21)19(16)15-8-6-13(7-9-15)18(22)23/h1-9,14H,10-11H2,(H,22,23). The number of carboxylic acid groups (broad SMARTS) is 1. The van der Waals surface area contributed by atoms with Gasteiger partial charge in [-0.15, -0.1) is 0 Å². The van der Waals surface area contributed by atoms with Crippen LogP contribution >= 0.6 is 0 Å². The third-order valence-electron chi connectivity index (χ3n) is 3.98. The van der Waals surface area contributed by atoms with E-state index in [9.17, 15) is 14.4 Å². The van der Waals surface area contributed by atoms with Gasteiger partial charge >= 0.3 is 5.97 Å². The van der Waals surface area contributed by atoms with Crippen molar-refractivity contribution in [1.29, 1.82) is 0 Å². The highest BCUT2D eigenvalue weighted by Crippen LogP contribution is 2.32. The summed E-state index contributed by atoms with van der Waals surface area (Å²) in [5.74, 6) is -1.68. The second kappa shape index (κ2) is 6.04. The van der Waals surface area contributed by atoms with Gasteiger partial charge in [-0.25, -0.2) is 4.79 Å². The Hall–Kier alpha value is -2.95. The average Bonchev–Trinajstić information content (AvgIpc) is 2.55. The Kier molecular flexibility index (Phi) is 3.93. The lowest BCUT2D eigenvalue weighted by atomic mass is 9.88. The zero-order chi connectivity index (χ0) is 16.4. The van der Waals surface area contributed by atoms with Gasteiger partial charge in [0, 0.05) is 18.8 Å². The summed E-state index contributed by atoms with van der Waals surface area (Å²) in [6.07, 6.45) is 0.521. The molecule has 0 bridgehead atoms. The number of imide groups is 1. The van der Waals surface area contributed by atoms with Crippen molar-refractivity contribution in [3.05, 3.63) is 65.7 Å². The van der Waals surface area contributed by atoms with E-state index in [1.165, 1.54) is 24.3 Å². The largest absolute Gasteiger partial charge is 0.478 e. The molecule has 3 rings (SSSR count). The first-order valence-electron chi connectivity index (χ1n) is 7.30. The number of amides is 2. The number of aromatic carboxylic acids is 1. The maximum absolute atomic E-state index is 12.4. The Morgan fingerprint density at radius 1 is 0.913 bits per heavy atom. The van der Waals surface area contributed by atoms with Gasteiger partial charge in [-0.05, 0) is 29.8 Å². The van der Waals surface area contributed by atoms with E-state index in [-0.39, 0.29) is 36.1 Å². The quantitative estimate of drug-likeness (QED) is 0.885. The van der Waals surface area contributed by atoms with Crippen LogP contribution in [-0.2, 0) is 9.59 Å². The highest BCUT2D eigenvalue weighted by molar-refractivity contribution is 6.17. The zero-order valence-corrected chi connectivity index (χ0v) is 12.3. The molecule has 1 saturated heterocycles. The molecule has 0 aromatic heterocycles. The number of carbonyl (C=O) groups is 3. The smallest absolute Gasteiger partial charge is 0.335 e. The van der Waals surface area contributed by atoms with Gasteiger partial charge < -0.3 is 5.11 Å². The Morgan fingerprint density at radius 3 is 2.00 bits per heavy atom. The number of piperidine rings is 1. The highest BCUT2D eigenvalue weighted by atomic mass is 16.4. The zero-order valence-electron chi connectivity index (χ0n) is 12.3. The van der Waals surface area contributed by atoms with Crippen molar-refractivity contribution < 1.29 is 19.5 Å². The number of carbonyl (C=O) groups excluding carboxylic acids is 2. The SMILES string of the molecule is O=C(O)c1ccc(N2C(=O)CC(c3ccccc3)CC2=O)cc1. The Balaban J connectivity index is 1.82. The van der Waals surface area contributed by atoms with Crippen molar-refractivity contribution in [2.45, 2.75) is 18.8 Å². The van der Waals surface area contributed by atoms with Gasteiger partial charge in [0.15, 0.2) is 0 Å². The van der Waals surface area contributed by atoms with E-state index in [0.29, 0.717) is 5.69 Å². The van der Waals surface area contributed by atoms with Crippen molar-refractivity contribution in [3.8, 4) is 0 Å². The first-order chi connectivity index (χ1) is 11.1. The van der Waals surface area contributed by atoms with Crippen LogP contribution in [0.25, 0.3) is 0 Å². The predicted molar refractivity (Wildman–Crippen MR) is 84.3 cm³/mol. The molecule has 0 unspecified atom stereocenters. The molecule has 1 aliphatic heterocycles. The minimum absolute atomic E-state index is 0.106. The lowest BCUT2D eigenvalue weighted by molar-refractivity contribution is -0.129. The molecule has 5 heteroatoms. The van der Waals surface area contributed by atoms with E-state index in [2.05, 4.69) is 0 Å². The maximum atomic E-state index is 12.4. The van der Waals surface area contributed by atoms with Crippen molar-refractivity contribution in [2.24, 2.45) is 0 Å². The second-order valence-electron chi connectivity index (χ2n) is 5.49. The van der Waals surface area contributed by atoms with E-state index >= 15 is 0 Å². The molecule has 2 aromatic rings. The van der Waals surface area contributed by atoms with E-state index < -0.39 is 5.97 Å². The number of carboxylic acids is 1. The van der Waals surface area contributed by atoms with Crippen molar-refractivity contribution in [1.82, 2.24) is 0 Å². The Morgan fingerprint density at radius 2 is 1.48 bits per heavy atom. The number of benzene rings is 2. The van der Waals surface area contributed by atoms with Crippen LogP contribution in [0.4, 0.5) is 5.69 Å². The van der Waals surface area contributed by atoms with Crippen molar-refractivity contribution in [2.75, 3.05) is 4.90 Å². The molecular formula is C18H15NO4. The molecule has 0 atom stereocenters.